The summed E-state index contributed by atoms with van der Waals surface area (Å²) in [6.45, 7) is 1.87. The summed E-state index contributed by atoms with van der Waals surface area (Å²) in [6, 6.07) is 11.7. The van der Waals surface area contributed by atoms with Crippen LogP contribution in [0, 0.1) is 12.8 Å². The second kappa shape index (κ2) is 10.0. The van der Waals surface area contributed by atoms with Crippen molar-refractivity contribution in [3.8, 4) is 22.6 Å². The van der Waals surface area contributed by atoms with Gasteiger partial charge in [-0.2, -0.15) is 13.2 Å². The largest absolute Gasteiger partial charge is 0.416 e. The molecule has 1 aliphatic carbocycles. The van der Waals surface area contributed by atoms with Crippen LogP contribution in [0.25, 0.3) is 22.6 Å². The van der Waals surface area contributed by atoms with Crippen molar-refractivity contribution in [3.63, 3.8) is 0 Å². The number of carbonyl (C=O) groups excluding carboxylic acids is 2. The summed E-state index contributed by atoms with van der Waals surface area (Å²) in [6.07, 6.45) is 1.29. The van der Waals surface area contributed by atoms with Crippen molar-refractivity contribution in [2.24, 2.45) is 5.92 Å². The van der Waals surface area contributed by atoms with Gasteiger partial charge in [0, 0.05) is 41.3 Å². The molecular weight excluding hydrogens is 497 g/mol. The van der Waals surface area contributed by atoms with Gasteiger partial charge in [0.05, 0.1) is 11.3 Å². The Kier molecular flexibility index (Phi) is 6.58. The molecule has 4 aromatic rings. The van der Waals surface area contributed by atoms with E-state index < -0.39 is 17.6 Å². The van der Waals surface area contributed by atoms with Crippen LogP contribution in [0.5, 0.6) is 0 Å². The van der Waals surface area contributed by atoms with E-state index in [9.17, 15) is 22.8 Å². The molecule has 11 heteroatoms. The SMILES string of the molecule is Cc1ccc(NC(=O)c2cc(C(F)(F)F)ccn2)cc1-c1ccnc(-c2ccnc(NC(=O)C3CC3)c2)n1. The lowest BCUT2D eigenvalue weighted by Gasteiger charge is -2.12. The van der Waals surface area contributed by atoms with Gasteiger partial charge in [-0.05, 0) is 67.8 Å². The Morgan fingerprint density at radius 2 is 1.66 bits per heavy atom. The first-order valence-corrected chi connectivity index (χ1v) is 11.7. The van der Waals surface area contributed by atoms with Crippen LogP contribution in [-0.4, -0.2) is 31.8 Å². The van der Waals surface area contributed by atoms with Crippen molar-refractivity contribution < 1.29 is 22.8 Å². The lowest BCUT2D eigenvalue weighted by Crippen LogP contribution is -2.15. The number of benzene rings is 1. The maximum Gasteiger partial charge on any atom is 0.416 e. The van der Waals surface area contributed by atoms with Gasteiger partial charge in [0.25, 0.3) is 5.91 Å². The van der Waals surface area contributed by atoms with Gasteiger partial charge in [-0.3, -0.25) is 14.6 Å². The fourth-order valence-corrected chi connectivity index (χ4v) is 3.76. The van der Waals surface area contributed by atoms with Crippen molar-refractivity contribution in [1.29, 1.82) is 0 Å². The Bertz CT molecular complexity index is 1540. The van der Waals surface area contributed by atoms with Gasteiger partial charge >= 0.3 is 6.18 Å². The minimum atomic E-state index is -4.59. The van der Waals surface area contributed by atoms with Gasteiger partial charge in [-0.15, -0.1) is 0 Å². The molecule has 192 valence electrons. The summed E-state index contributed by atoms with van der Waals surface area (Å²) in [4.78, 5) is 41.7. The molecule has 1 aromatic carbocycles. The monoisotopic (exact) mass is 518 g/mol. The Hall–Kier alpha value is -4.67. The number of aromatic nitrogens is 4. The van der Waals surface area contributed by atoms with E-state index in [1.165, 1.54) is 0 Å². The van der Waals surface area contributed by atoms with Crippen LogP contribution in [-0.2, 0) is 11.0 Å². The summed E-state index contributed by atoms with van der Waals surface area (Å²) in [5.74, 6) is 0.0393. The Morgan fingerprint density at radius 3 is 2.42 bits per heavy atom. The normalized spacial score (nSPS) is 13.2. The van der Waals surface area contributed by atoms with Crippen molar-refractivity contribution in [1.82, 2.24) is 19.9 Å². The van der Waals surface area contributed by atoms with Crippen LogP contribution < -0.4 is 10.6 Å². The average Bonchev–Trinajstić information content (AvgIpc) is 3.75. The van der Waals surface area contributed by atoms with Crippen molar-refractivity contribution in [2.75, 3.05) is 10.6 Å². The first kappa shape index (κ1) is 25.0. The highest BCUT2D eigenvalue weighted by Gasteiger charge is 2.31. The highest BCUT2D eigenvalue weighted by molar-refractivity contribution is 6.03. The van der Waals surface area contributed by atoms with Crippen LogP contribution in [0.1, 0.15) is 34.5 Å². The number of amides is 2. The minimum Gasteiger partial charge on any atom is -0.321 e. The number of nitrogens with zero attached hydrogens (tertiary/aromatic N) is 4. The molecule has 3 heterocycles. The molecule has 0 bridgehead atoms. The first-order chi connectivity index (χ1) is 18.2. The minimum absolute atomic E-state index is 0.0418. The van der Waals surface area contributed by atoms with Gasteiger partial charge in [-0.1, -0.05) is 6.07 Å². The third kappa shape index (κ3) is 5.66. The van der Waals surface area contributed by atoms with Gasteiger partial charge in [0.2, 0.25) is 5.91 Å². The zero-order chi connectivity index (χ0) is 26.9. The predicted octanol–water partition coefficient (Wildman–Crippen LogP) is 5.53. The lowest BCUT2D eigenvalue weighted by atomic mass is 10.0. The molecule has 5 rings (SSSR count). The highest BCUT2D eigenvalue weighted by Crippen LogP contribution is 2.31. The number of aryl methyl sites for hydroxylation is 1. The third-order valence-electron chi connectivity index (χ3n) is 5.96. The number of anilines is 2. The summed E-state index contributed by atoms with van der Waals surface area (Å²) >= 11 is 0. The molecule has 2 N–H and O–H groups in total. The molecule has 0 spiro atoms. The third-order valence-corrected chi connectivity index (χ3v) is 5.96. The maximum atomic E-state index is 13.0. The van der Waals surface area contributed by atoms with E-state index in [0.29, 0.717) is 40.2 Å². The van der Waals surface area contributed by atoms with Crippen LogP contribution in [0.15, 0.2) is 67.1 Å². The van der Waals surface area contributed by atoms with Crippen LogP contribution >= 0.6 is 0 Å². The topological polar surface area (TPSA) is 110 Å². The molecule has 0 unspecified atom stereocenters. The molecule has 0 aliphatic heterocycles. The fourth-order valence-electron chi connectivity index (χ4n) is 3.76. The number of hydrogen-bond acceptors (Lipinski definition) is 6. The number of pyridine rings is 2. The number of nitrogens with one attached hydrogen (secondary N) is 2. The average molecular weight is 518 g/mol. The summed E-state index contributed by atoms with van der Waals surface area (Å²) in [7, 11) is 0. The molecule has 3 aromatic heterocycles. The van der Waals surface area contributed by atoms with Crippen molar-refractivity contribution in [3.05, 3.63) is 83.9 Å². The molecule has 0 atom stereocenters. The first-order valence-electron chi connectivity index (χ1n) is 11.7. The van der Waals surface area contributed by atoms with E-state index in [1.54, 1.807) is 48.8 Å². The molecule has 0 saturated heterocycles. The van der Waals surface area contributed by atoms with Crippen LogP contribution in [0.3, 0.4) is 0 Å². The molecule has 1 aliphatic rings. The number of alkyl halides is 3. The van der Waals surface area contributed by atoms with Crippen molar-refractivity contribution in [2.45, 2.75) is 25.9 Å². The smallest absolute Gasteiger partial charge is 0.321 e. The Morgan fingerprint density at radius 1 is 0.895 bits per heavy atom. The summed E-state index contributed by atoms with van der Waals surface area (Å²) in [5, 5.41) is 5.41. The molecule has 1 saturated carbocycles. The highest BCUT2D eigenvalue weighted by atomic mass is 19.4. The number of halogens is 3. The number of carbonyl (C=O) groups is 2. The molecule has 1 fully saturated rings. The zero-order valence-electron chi connectivity index (χ0n) is 20.1. The molecular formula is C27H21F3N6O2. The van der Waals surface area contributed by atoms with Gasteiger partial charge < -0.3 is 10.6 Å². The van der Waals surface area contributed by atoms with Crippen molar-refractivity contribution >= 4 is 23.3 Å². The lowest BCUT2D eigenvalue weighted by molar-refractivity contribution is -0.137. The maximum absolute atomic E-state index is 13.0. The standard InChI is InChI=1S/C27H21F3N6O2/c1-15-2-5-19(34-26(38)22-13-18(7-10-31-22)27(28,29)30)14-20(15)21-8-11-33-24(35-21)17-6-9-32-23(12-17)36-25(37)16-3-4-16/h2,5-14,16H,3-4H2,1H3,(H,34,38)(H,32,36,37). The number of rotatable bonds is 6. The van der Waals surface area contributed by atoms with Crippen LogP contribution in [0.4, 0.5) is 24.7 Å². The summed E-state index contributed by atoms with van der Waals surface area (Å²) in [5.41, 5.74) is 1.84. The van der Waals surface area contributed by atoms with E-state index in [0.717, 1.165) is 30.7 Å². The molecule has 2 amide bonds. The Balaban J connectivity index is 1.38. The second-order valence-electron chi connectivity index (χ2n) is 8.87. The van der Waals surface area contributed by atoms with Gasteiger partial charge in [0.15, 0.2) is 5.82 Å². The van der Waals surface area contributed by atoms with E-state index in [2.05, 4.69) is 30.6 Å². The van der Waals surface area contributed by atoms with E-state index in [4.69, 9.17) is 0 Å². The van der Waals surface area contributed by atoms with E-state index in [1.807, 2.05) is 6.92 Å². The second-order valence-corrected chi connectivity index (χ2v) is 8.87. The molecule has 0 radical (unpaired) electrons. The Labute approximate surface area is 215 Å². The van der Waals surface area contributed by atoms with E-state index >= 15 is 0 Å². The molecule has 38 heavy (non-hydrogen) atoms. The summed E-state index contributed by atoms with van der Waals surface area (Å²) < 4.78 is 39.1. The number of hydrogen-bond donors (Lipinski definition) is 2. The van der Waals surface area contributed by atoms with E-state index in [-0.39, 0.29) is 17.5 Å². The zero-order valence-corrected chi connectivity index (χ0v) is 20.1. The quantitative estimate of drug-likeness (QED) is 0.347. The van der Waals surface area contributed by atoms with Gasteiger partial charge in [0.1, 0.15) is 11.5 Å². The van der Waals surface area contributed by atoms with Crippen LogP contribution in [0.2, 0.25) is 0 Å². The van der Waals surface area contributed by atoms with Gasteiger partial charge in [-0.25, -0.2) is 15.0 Å². The predicted molar refractivity (Wildman–Crippen MR) is 134 cm³/mol. The molecule has 8 nitrogen and oxygen atoms in total. The fraction of sp³-hybridized carbons (Fsp3) is 0.185.